The molecule has 1 fully saturated rings. The molecule has 2 amide bonds. The number of carbonyl (C=O) groups excluding carboxylic acids is 1. The molecule has 0 aliphatic carbocycles. The van der Waals surface area contributed by atoms with Gasteiger partial charge in [0.15, 0.2) is 0 Å². The van der Waals surface area contributed by atoms with Gasteiger partial charge in [0, 0.05) is 37.1 Å². The Morgan fingerprint density at radius 2 is 1.75 bits per heavy atom. The highest BCUT2D eigenvalue weighted by molar-refractivity contribution is 6.01. The third-order valence-corrected chi connectivity index (χ3v) is 4.84. The molecule has 2 aromatic carbocycles. The molecule has 5 nitrogen and oxygen atoms in total. The van der Waals surface area contributed by atoms with Crippen LogP contribution in [0.5, 0.6) is 0 Å². The maximum absolute atomic E-state index is 12.6. The highest BCUT2D eigenvalue weighted by Gasteiger charge is 2.30. The van der Waals surface area contributed by atoms with Crippen molar-refractivity contribution >= 4 is 22.5 Å². The summed E-state index contributed by atoms with van der Waals surface area (Å²) < 4.78 is 0. The lowest BCUT2D eigenvalue weighted by molar-refractivity contribution is 0.0267. The molecule has 0 unspecified atom stereocenters. The molecule has 0 aromatic heterocycles. The first-order chi connectivity index (χ1) is 11.5. The molecule has 1 saturated heterocycles. The van der Waals surface area contributed by atoms with Crippen molar-refractivity contribution in [1.82, 2.24) is 9.80 Å². The number of urea groups is 1. The van der Waals surface area contributed by atoms with Gasteiger partial charge in [0.2, 0.25) is 0 Å². The summed E-state index contributed by atoms with van der Waals surface area (Å²) >= 11 is 0. The van der Waals surface area contributed by atoms with E-state index in [1.54, 1.807) is 0 Å². The zero-order valence-corrected chi connectivity index (χ0v) is 14.3. The van der Waals surface area contributed by atoms with Gasteiger partial charge in [-0.2, -0.15) is 0 Å². The fraction of sp³-hybridized carbons (Fsp3) is 0.421. The second-order valence-electron chi connectivity index (χ2n) is 6.90. The Morgan fingerprint density at radius 3 is 2.46 bits per heavy atom. The SMILES string of the molecule is CC(C)(CO)N1CCN(C(=O)Nc2cccc3ccccc23)CC1. The topological polar surface area (TPSA) is 55.8 Å². The van der Waals surface area contributed by atoms with Gasteiger partial charge in [-0.1, -0.05) is 36.4 Å². The van der Waals surface area contributed by atoms with Crippen LogP contribution in [-0.4, -0.2) is 59.3 Å². The van der Waals surface area contributed by atoms with Crippen LogP contribution < -0.4 is 5.32 Å². The van der Waals surface area contributed by atoms with E-state index in [4.69, 9.17) is 0 Å². The number of benzene rings is 2. The number of hydrogen-bond acceptors (Lipinski definition) is 3. The monoisotopic (exact) mass is 327 g/mol. The zero-order valence-electron chi connectivity index (χ0n) is 14.3. The second-order valence-corrected chi connectivity index (χ2v) is 6.90. The highest BCUT2D eigenvalue weighted by atomic mass is 16.3. The van der Waals surface area contributed by atoms with Crippen molar-refractivity contribution in [3.8, 4) is 0 Å². The van der Waals surface area contributed by atoms with Crippen LogP contribution in [0.1, 0.15) is 13.8 Å². The summed E-state index contributed by atoms with van der Waals surface area (Å²) in [5, 5.41) is 14.7. The van der Waals surface area contributed by atoms with Crippen molar-refractivity contribution in [1.29, 1.82) is 0 Å². The van der Waals surface area contributed by atoms with Crippen LogP contribution in [0, 0.1) is 0 Å². The second kappa shape index (κ2) is 6.79. The number of aliphatic hydroxyl groups is 1. The molecule has 2 aromatic rings. The zero-order chi connectivity index (χ0) is 17.2. The summed E-state index contributed by atoms with van der Waals surface area (Å²) in [7, 11) is 0. The Balaban J connectivity index is 1.66. The third-order valence-electron chi connectivity index (χ3n) is 4.84. The molecule has 3 rings (SSSR count). The molecular formula is C19H25N3O2. The number of nitrogens with zero attached hydrogens (tertiary/aromatic N) is 2. The summed E-state index contributed by atoms with van der Waals surface area (Å²) in [6, 6.07) is 13.9. The van der Waals surface area contributed by atoms with Gasteiger partial charge in [0.1, 0.15) is 0 Å². The normalized spacial score (nSPS) is 16.4. The summed E-state index contributed by atoms with van der Waals surface area (Å²) in [4.78, 5) is 16.7. The smallest absolute Gasteiger partial charge is 0.321 e. The number of piperazine rings is 1. The molecule has 128 valence electrons. The number of fused-ring (bicyclic) bond motifs is 1. The van der Waals surface area contributed by atoms with Crippen molar-refractivity contribution in [2.24, 2.45) is 0 Å². The largest absolute Gasteiger partial charge is 0.394 e. The molecular weight excluding hydrogens is 302 g/mol. The van der Waals surface area contributed by atoms with E-state index >= 15 is 0 Å². The molecule has 0 spiro atoms. The van der Waals surface area contributed by atoms with Crippen molar-refractivity contribution in [2.75, 3.05) is 38.1 Å². The van der Waals surface area contributed by atoms with E-state index in [1.807, 2.05) is 61.2 Å². The minimum atomic E-state index is -0.238. The summed E-state index contributed by atoms with van der Waals surface area (Å²) in [6.45, 7) is 7.06. The van der Waals surface area contributed by atoms with Crippen LogP contribution in [0.3, 0.4) is 0 Å². The van der Waals surface area contributed by atoms with Gasteiger partial charge < -0.3 is 15.3 Å². The maximum atomic E-state index is 12.6. The highest BCUT2D eigenvalue weighted by Crippen LogP contribution is 2.23. The number of amides is 2. The van der Waals surface area contributed by atoms with Crippen LogP contribution in [0.4, 0.5) is 10.5 Å². The van der Waals surface area contributed by atoms with Crippen molar-refractivity contribution < 1.29 is 9.90 Å². The predicted molar refractivity (Wildman–Crippen MR) is 97.3 cm³/mol. The summed E-state index contributed by atoms with van der Waals surface area (Å²) in [5.41, 5.74) is 0.606. The molecule has 5 heteroatoms. The Labute approximate surface area is 142 Å². The van der Waals surface area contributed by atoms with Crippen molar-refractivity contribution in [3.63, 3.8) is 0 Å². The number of rotatable bonds is 3. The van der Waals surface area contributed by atoms with Gasteiger partial charge in [0.25, 0.3) is 0 Å². The lowest BCUT2D eigenvalue weighted by Gasteiger charge is -2.43. The molecule has 0 bridgehead atoms. The molecule has 24 heavy (non-hydrogen) atoms. The molecule has 1 aliphatic heterocycles. The number of carbonyl (C=O) groups is 1. The van der Waals surface area contributed by atoms with Crippen LogP contribution >= 0.6 is 0 Å². The Morgan fingerprint density at radius 1 is 1.08 bits per heavy atom. The van der Waals surface area contributed by atoms with Gasteiger partial charge in [0.05, 0.1) is 12.3 Å². The van der Waals surface area contributed by atoms with Crippen molar-refractivity contribution in [3.05, 3.63) is 42.5 Å². The maximum Gasteiger partial charge on any atom is 0.321 e. The van der Waals surface area contributed by atoms with E-state index in [-0.39, 0.29) is 18.2 Å². The Kier molecular flexibility index (Phi) is 4.73. The predicted octanol–water partition coefficient (Wildman–Crippen LogP) is 2.76. The third kappa shape index (κ3) is 3.37. The van der Waals surface area contributed by atoms with E-state index in [2.05, 4.69) is 10.2 Å². The molecule has 0 atom stereocenters. The number of aliphatic hydroxyl groups excluding tert-OH is 1. The lowest BCUT2D eigenvalue weighted by Crippen LogP contribution is -2.57. The van der Waals surface area contributed by atoms with E-state index in [1.165, 1.54) is 0 Å². The number of hydrogen-bond donors (Lipinski definition) is 2. The van der Waals surface area contributed by atoms with E-state index in [0.29, 0.717) is 13.1 Å². The van der Waals surface area contributed by atoms with Crippen molar-refractivity contribution in [2.45, 2.75) is 19.4 Å². The molecule has 0 saturated carbocycles. The van der Waals surface area contributed by atoms with Crippen LogP contribution in [0.25, 0.3) is 10.8 Å². The molecule has 2 N–H and O–H groups in total. The van der Waals surface area contributed by atoms with E-state index in [9.17, 15) is 9.90 Å². The van der Waals surface area contributed by atoms with E-state index < -0.39 is 0 Å². The lowest BCUT2D eigenvalue weighted by atomic mass is 10.0. The van der Waals surface area contributed by atoms with Gasteiger partial charge in [-0.15, -0.1) is 0 Å². The minimum Gasteiger partial charge on any atom is -0.394 e. The fourth-order valence-corrected chi connectivity index (χ4v) is 3.14. The molecule has 1 heterocycles. The molecule has 0 radical (unpaired) electrons. The summed E-state index contributed by atoms with van der Waals surface area (Å²) in [6.07, 6.45) is 0. The van der Waals surface area contributed by atoms with E-state index in [0.717, 1.165) is 29.5 Å². The fourth-order valence-electron chi connectivity index (χ4n) is 3.14. The van der Waals surface area contributed by atoms with Gasteiger partial charge >= 0.3 is 6.03 Å². The average molecular weight is 327 g/mol. The van der Waals surface area contributed by atoms with Gasteiger partial charge in [-0.05, 0) is 25.3 Å². The van der Waals surface area contributed by atoms with Crippen LogP contribution in [0.2, 0.25) is 0 Å². The Hall–Kier alpha value is -2.11. The quantitative estimate of drug-likeness (QED) is 0.911. The minimum absolute atomic E-state index is 0.0622. The summed E-state index contributed by atoms with van der Waals surface area (Å²) in [5.74, 6) is 0. The first kappa shape index (κ1) is 16.7. The Bertz CT molecular complexity index is 716. The standard InChI is InChI=1S/C19H25N3O2/c1-19(2,14-23)22-12-10-21(11-13-22)18(24)20-17-9-5-7-15-6-3-4-8-16(15)17/h3-9,23H,10-14H2,1-2H3,(H,20,24). The van der Waals surface area contributed by atoms with Crippen LogP contribution in [0.15, 0.2) is 42.5 Å². The number of anilines is 1. The molecule has 1 aliphatic rings. The first-order valence-corrected chi connectivity index (χ1v) is 8.41. The van der Waals surface area contributed by atoms with Gasteiger partial charge in [-0.3, -0.25) is 4.90 Å². The average Bonchev–Trinajstić information content (AvgIpc) is 2.62. The first-order valence-electron chi connectivity index (χ1n) is 8.41. The van der Waals surface area contributed by atoms with Gasteiger partial charge in [-0.25, -0.2) is 4.79 Å². The number of nitrogens with one attached hydrogen (secondary N) is 1. The van der Waals surface area contributed by atoms with Crippen LogP contribution in [-0.2, 0) is 0 Å².